The molecule has 2 heteroatoms. The van der Waals surface area contributed by atoms with Crippen molar-refractivity contribution in [2.75, 3.05) is 6.54 Å². The van der Waals surface area contributed by atoms with Gasteiger partial charge in [-0.1, -0.05) is 12.1 Å². The fourth-order valence-corrected chi connectivity index (χ4v) is 2.75. The lowest BCUT2D eigenvalue weighted by atomic mass is 9.90. The Morgan fingerprint density at radius 2 is 2.21 bits per heavy atom. The molecule has 2 fully saturated rings. The summed E-state index contributed by atoms with van der Waals surface area (Å²) in [5.41, 5.74) is 1.70. The Balaban J connectivity index is 1.95. The molecule has 0 amide bonds. The van der Waals surface area contributed by atoms with Crippen molar-refractivity contribution in [3.63, 3.8) is 0 Å². The molecule has 0 bridgehead atoms. The molecule has 2 nitrogen and oxygen atoms in total. The summed E-state index contributed by atoms with van der Waals surface area (Å²) in [6.45, 7) is 1.13. The largest absolute Gasteiger partial charge is 0.508 e. The molecule has 1 saturated heterocycles. The summed E-state index contributed by atoms with van der Waals surface area (Å²) in [4.78, 5) is 0. The van der Waals surface area contributed by atoms with Gasteiger partial charge in [0.1, 0.15) is 5.75 Å². The Hall–Kier alpha value is -1.02. The van der Waals surface area contributed by atoms with Gasteiger partial charge in [-0.3, -0.25) is 0 Å². The zero-order valence-electron chi connectivity index (χ0n) is 8.16. The highest BCUT2D eigenvalue weighted by molar-refractivity contribution is 5.35. The lowest BCUT2D eigenvalue weighted by molar-refractivity contribution is 0.471. The molecule has 1 aromatic rings. The van der Waals surface area contributed by atoms with Crippen molar-refractivity contribution >= 4 is 0 Å². The summed E-state index contributed by atoms with van der Waals surface area (Å²) in [6, 6.07) is 7.74. The standard InChI is InChI=1S/C12H15NO/c14-10-3-1-2-9(8-10)11-4-7-13-12(11)5-6-12/h1-3,8,11,13-14H,4-7H2. The lowest BCUT2D eigenvalue weighted by Crippen LogP contribution is -2.27. The van der Waals surface area contributed by atoms with Crippen LogP contribution in [-0.4, -0.2) is 17.2 Å². The highest BCUT2D eigenvalue weighted by Crippen LogP contribution is 2.52. The van der Waals surface area contributed by atoms with E-state index in [4.69, 9.17) is 0 Å². The quantitative estimate of drug-likeness (QED) is 0.708. The molecule has 2 aliphatic rings. The van der Waals surface area contributed by atoms with Gasteiger partial charge < -0.3 is 10.4 Å². The molecule has 2 N–H and O–H groups in total. The molecule has 1 atom stereocenters. The third kappa shape index (κ3) is 1.14. The van der Waals surface area contributed by atoms with E-state index in [-0.39, 0.29) is 0 Å². The van der Waals surface area contributed by atoms with Crippen LogP contribution >= 0.6 is 0 Å². The molecule has 1 aromatic carbocycles. The number of phenolic OH excluding ortho intramolecular Hbond substituents is 1. The average molecular weight is 189 g/mol. The Bertz CT molecular complexity index is 357. The van der Waals surface area contributed by atoms with Crippen LogP contribution in [0.3, 0.4) is 0 Å². The topological polar surface area (TPSA) is 32.3 Å². The van der Waals surface area contributed by atoms with E-state index in [1.165, 1.54) is 24.8 Å². The average Bonchev–Trinajstić information content (AvgIpc) is 2.78. The first-order chi connectivity index (χ1) is 6.80. The van der Waals surface area contributed by atoms with Crippen LogP contribution in [0.1, 0.15) is 30.7 Å². The Morgan fingerprint density at radius 3 is 2.93 bits per heavy atom. The Morgan fingerprint density at radius 1 is 1.36 bits per heavy atom. The molecule has 1 heterocycles. The van der Waals surface area contributed by atoms with Crippen LogP contribution in [-0.2, 0) is 0 Å². The second kappa shape index (κ2) is 2.74. The van der Waals surface area contributed by atoms with E-state index in [1.54, 1.807) is 6.07 Å². The summed E-state index contributed by atoms with van der Waals surface area (Å²) in [7, 11) is 0. The van der Waals surface area contributed by atoms with Crippen molar-refractivity contribution in [3.8, 4) is 5.75 Å². The third-order valence-corrected chi connectivity index (χ3v) is 3.64. The number of hydrogen-bond acceptors (Lipinski definition) is 2. The first-order valence-corrected chi connectivity index (χ1v) is 5.34. The summed E-state index contributed by atoms with van der Waals surface area (Å²) >= 11 is 0. The summed E-state index contributed by atoms with van der Waals surface area (Å²) in [5.74, 6) is 1.01. The van der Waals surface area contributed by atoms with Gasteiger partial charge in [0.05, 0.1) is 0 Å². The molecule has 1 aliphatic heterocycles. The monoisotopic (exact) mass is 189 g/mol. The normalized spacial score (nSPS) is 28.1. The molecule has 1 saturated carbocycles. The zero-order valence-corrected chi connectivity index (χ0v) is 8.16. The number of hydrogen-bond donors (Lipinski definition) is 2. The van der Waals surface area contributed by atoms with Gasteiger partial charge in [0.2, 0.25) is 0 Å². The first kappa shape index (κ1) is 8.30. The van der Waals surface area contributed by atoms with Gasteiger partial charge in [-0.15, -0.1) is 0 Å². The maximum absolute atomic E-state index is 9.44. The molecule has 74 valence electrons. The summed E-state index contributed by atoms with van der Waals surface area (Å²) in [5, 5.41) is 13.0. The molecule has 1 unspecified atom stereocenters. The van der Waals surface area contributed by atoms with Crippen molar-refractivity contribution in [1.29, 1.82) is 0 Å². The van der Waals surface area contributed by atoms with Gasteiger partial charge in [-0.05, 0) is 43.5 Å². The molecule has 1 aliphatic carbocycles. The van der Waals surface area contributed by atoms with Crippen LogP contribution in [0.15, 0.2) is 24.3 Å². The Kier molecular flexibility index (Phi) is 1.62. The maximum atomic E-state index is 9.44. The summed E-state index contributed by atoms with van der Waals surface area (Å²) < 4.78 is 0. The smallest absolute Gasteiger partial charge is 0.115 e. The van der Waals surface area contributed by atoms with Crippen molar-refractivity contribution in [1.82, 2.24) is 5.32 Å². The van der Waals surface area contributed by atoms with E-state index < -0.39 is 0 Å². The van der Waals surface area contributed by atoms with Crippen molar-refractivity contribution in [2.45, 2.75) is 30.7 Å². The fourth-order valence-electron chi connectivity index (χ4n) is 2.75. The minimum atomic E-state index is 0.394. The highest BCUT2D eigenvalue weighted by atomic mass is 16.3. The van der Waals surface area contributed by atoms with Crippen LogP contribution in [0.2, 0.25) is 0 Å². The minimum absolute atomic E-state index is 0.394. The number of benzene rings is 1. The SMILES string of the molecule is Oc1cccc(C2CCNC23CC3)c1. The predicted octanol–water partition coefficient (Wildman–Crippen LogP) is 2.00. The van der Waals surface area contributed by atoms with Gasteiger partial charge in [-0.25, -0.2) is 0 Å². The molecule has 1 spiro atoms. The van der Waals surface area contributed by atoms with E-state index in [1.807, 2.05) is 12.1 Å². The lowest BCUT2D eigenvalue weighted by Gasteiger charge is -2.18. The number of nitrogens with one attached hydrogen (secondary N) is 1. The van der Waals surface area contributed by atoms with Crippen LogP contribution in [0.4, 0.5) is 0 Å². The van der Waals surface area contributed by atoms with E-state index in [0.717, 1.165) is 6.54 Å². The van der Waals surface area contributed by atoms with Gasteiger partial charge in [0, 0.05) is 11.5 Å². The molecule has 0 aromatic heterocycles. The fraction of sp³-hybridized carbons (Fsp3) is 0.500. The summed E-state index contributed by atoms with van der Waals surface area (Å²) in [6.07, 6.45) is 3.81. The van der Waals surface area contributed by atoms with E-state index in [2.05, 4.69) is 11.4 Å². The zero-order chi connectivity index (χ0) is 9.60. The van der Waals surface area contributed by atoms with Crippen molar-refractivity contribution in [2.24, 2.45) is 0 Å². The van der Waals surface area contributed by atoms with Gasteiger partial charge >= 0.3 is 0 Å². The maximum Gasteiger partial charge on any atom is 0.115 e. The van der Waals surface area contributed by atoms with Crippen LogP contribution < -0.4 is 5.32 Å². The third-order valence-electron chi connectivity index (χ3n) is 3.64. The van der Waals surface area contributed by atoms with Crippen LogP contribution in [0, 0.1) is 0 Å². The number of rotatable bonds is 1. The van der Waals surface area contributed by atoms with Crippen LogP contribution in [0.25, 0.3) is 0 Å². The second-order valence-electron chi connectivity index (χ2n) is 4.52. The van der Waals surface area contributed by atoms with E-state index >= 15 is 0 Å². The van der Waals surface area contributed by atoms with Crippen molar-refractivity contribution < 1.29 is 5.11 Å². The van der Waals surface area contributed by atoms with Crippen molar-refractivity contribution in [3.05, 3.63) is 29.8 Å². The minimum Gasteiger partial charge on any atom is -0.508 e. The predicted molar refractivity (Wildman–Crippen MR) is 55.4 cm³/mol. The highest BCUT2D eigenvalue weighted by Gasteiger charge is 2.52. The molecule has 0 radical (unpaired) electrons. The van der Waals surface area contributed by atoms with E-state index in [0.29, 0.717) is 17.2 Å². The van der Waals surface area contributed by atoms with E-state index in [9.17, 15) is 5.11 Å². The van der Waals surface area contributed by atoms with Gasteiger partial charge in [-0.2, -0.15) is 0 Å². The molecular weight excluding hydrogens is 174 g/mol. The molecule has 3 rings (SSSR count). The first-order valence-electron chi connectivity index (χ1n) is 5.34. The second-order valence-corrected chi connectivity index (χ2v) is 4.52. The van der Waals surface area contributed by atoms with Gasteiger partial charge in [0.25, 0.3) is 0 Å². The number of aromatic hydroxyl groups is 1. The molecular formula is C12H15NO. The van der Waals surface area contributed by atoms with Gasteiger partial charge in [0.15, 0.2) is 0 Å². The Labute approximate surface area is 84.0 Å². The number of phenols is 1. The van der Waals surface area contributed by atoms with Crippen LogP contribution in [0.5, 0.6) is 5.75 Å². The molecule has 14 heavy (non-hydrogen) atoms.